The number of carbonyl (C=O) groups is 1. The summed E-state index contributed by atoms with van der Waals surface area (Å²) in [6.45, 7) is 1.54. The summed E-state index contributed by atoms with van der Waals surface area (Å²) in [5.41, 5.74) is 2.88. The molecule has 22 heavy (non-hydrogen) atoms. The number of nitrogens with one attached hydrogen (secondary N) is 1. The predicted octanol–water partition coefficient (Wildman–Crippen LogP) is 1.77. The Labute approximate surface area is 125 Å². The van der Waals surface area contributed by atoms with Crippen LogP contribution in [0, 0.1) is 17.0 Å². The molecule has 0 radical (unpaired) electrons. The van der Waals surface area contributed by atoms with E-state index in [1.165, 1.54) is 31.5 Å². The number of aryl methyl sites for hydroxylation is 1. The van der Waals surface area contributed by atoms with Gasteiger partial charge in [-0.05, 0) is 24.6 Å². The van der Waals surface area contributed by atoms with Crippen molar-refractivity contribution in [3.8, 4) is 5.75 Å². The van der Waals surface area contributed by atoms with Crippen molar-refractivity contribution in [2.45, 2.75) is 6.92 Å². The van der Waals surface area contributed by atoms with Crippen LogP contribution in [0.2, 0.25) is 0 Å². The number of nitro benzene ring substituents is 1. The fraction of sp³-hybridized carbons (Fsp3) is 0.0714. The van der Waals surface area contributed by atoms with E-state index in [0.29, 0.717) is 11.1 Å². The van der Waals surface area contributed by atoms with E-state index >= 15 is 0 Å². The van der Waals surface area contributed by atoms with Gasteiger partial charge in [-0.15, -0.1) is 0 Å². The molecule has 1 aromatic heterocycles. The van der Waals surface area contributed by atoms with Crippen molar-refractivity contribution in [1.29, 1.82) is 0 Å². The first-order valence-electron chi connectivity index (χ1n) is 6.20. The number of pyridine rings is 1. The molecule has 2 rings (SSSR count). The molecule has 112 valence electrons. The normalized spacial score (nSPS) is 10.6. The number of amides is 1. The molecule has 2 aromatic rings. The number of hydrazone groups is 1. The van der Waals surface area contributed by atoms with Gasteiger partial charge >= 0.3 is 0 Å². The standard InChI is InChI=1S/C14H12N4O4/c1-9-5-12(18(21)22)6-11(13(9)19)8-16-17-14(20)10-3-2-4-15-7-10/h2-8,19H,1H3,(H,17,20). The summed E-state index contributed by atoms with van der Waals surface area (Å²) in [7, 11) is 0. The fourth-order valence-electron chi connectivity index (χ4n) is 1.71. The van der Waals surface area contributed by atoms with Crippen LogP contribution >= 0.6 is 0 Å². The van der Waals surface area contributed by atoms with Gasteiger partial charge in [-0.1, -0.05) is 0 Å². The Kier molecular flexibility index (Phi) is 4.42. The molecule has 8 heteroatoms. The van der Waals surface area contributed by atoms with Gasteiger partial charge in [0.1, 0.15) is 5.75 Å². The van der Waals surface area contributed by atoms with Gasteiger partial charge in [0, 0.05) is 30.1 Å². The first-order valence-corrected chi connectivity index (χ1v) is 6.20. The van der Waals surface area contributed by atoms with Crippen molar-refractivity contribution in [3.63, 3.8) is 0 Å². The van der Waals surface area contributed by atoms with E-state index in [-0.39, 0.29) is 17.0 Å². The minimum atomic E-state index is -0.571. The van der Waals surface area contributed by atoms with E-state index < -0.39 is 10.8 Å². The maximum absolute atomic E-state index is 11.7. The van der Waals surface area contributed by atoms with Crippen LogP contribution in [-0.4, -0.2) is 27.1 Å². The number of phenols is 1. The Hall–Kier alpha value is -3.29. The molecular weight excluding hydrogens is 288 g/mol. The zero-order chi connectivity index (χ0) is 16.1. The monoisotopic (exact) mass is 300 g/mol. The summed E-state index contributed by atoms with van der Waals surface area (Å²) in [6, 6.07) is 5.59. The van der Waals surface area contributed by atoms with Gasteiger partial charge in [0.25, 0.3) is 11.6 Å². The van der Waals surface area contributed by atoms with E-state index in [0.717, 1.165) is 6.21 Å². The zero-order valence-electron chi connectivity index (χ0n) is 11.6. The lowest BCUT2D eigenvalue weighted by atomic mass is 10.1. The van der Waals surface area contributed by atoms with Gasteiger partial charge in [0.2, 0.25) is 0 Å². The molecule has 8 nitrogen and oxygen atoms in total. The van der Waals surface area contributed by atoms with Crippen molar-refractivity contribution >= 4 is 17.8 Å². The average Bonchev–Trinajstić information content (AvgIpc) is 2.51. The van der Waals surface area contributed by atoms with Crippen molar-refractivity contribution in [2.24, 2.45) is 5.10 Å². The molecule has 0 unspecified atom stereocenters. The van der Waals surface area contributed by atoms with Gasteiger partial charge in [-0.25, -0.2) is 5.43 Å². The quantitative estimate of drug-likeness (QED) is 0.507. The molecule has 0 aliphatic heterocycles. The van der Waals surface area contributed by atoms with Crippen LogP contribution in [0.1, 0.15) is 21.5 Å². The molecule has 0 aliphatic carbocycles. The highest BCUT2D eigenvalue weighted by Crippen LogP contribution is 2.26. The summed E-state index contributed by atoms with van der Waals surface area (Å²) >= 11 is 0. The molecule has 0 fully saturated rings. The molecule has 0 aliphatic rings. The Bertz CT molecular complexity index is 744. The molecule has 0 bridgehead atoms. The van der Waals surface area contributed by atoms with Crippen molar-refractivity contribution in [2.75, 3.05) is 0 Å². The molecule has 0 saturated carbocycles. The first kappa shape index (κ1) is 15.1. The minimum Gasteiger partial charge on any atom is -0.507 e. The Morgan fingerprint density at radius 3 is 2.91 bits per heavy atom. The molecule has 0 atom stereocenters. The summed E-state index contributed by atoms with van der Waals surface area (Å²) < 4.78 is 0. The van der Waals surface area contributed by atoms with E-state index in [2.05, 4.69) is 15.5 Å². The predicted molar refractivity (Wildman–Crippen MR) is 78.8 cm³/mol. The number of hydrogen-bond donors (Lipinski definition) is 2. The number of phenolic OH excluding ortho intramolecular Hbond substituents is 1. The molecule has 1 amide bonds. The number of hydrogen-bond acceptors (Lipinski definition) is 6. The van der Waals surface area contributed by atoms with Crippen LogP contribution in [0.5, 0.6) is 5.75 Å². The number of benzene rings is 1. The third kappa shape index (κ3) is 3.42. The van der Waals surface area contributed by atoms with Gasteiger partial charge in [0.05, 0.1) is 16.7 Å². The Morgan fingerprint density at radius 1 is 1.50 bits per heavy atom. The van der Waals surface area contributed by atoms with Crippen LogP contribution in [-0.2, 0) is 0 Å². The van der Waals surface area contributed by atoms with Gasteiger partial charge in [-0.3, -0.25) is 19.9 Å². The lowest BCUT2D eigenvalue weighted by Crippen LogP contribution is -2.17. The lowest BCUT2D eigenvalue weighted by Gasteiger charge is -2.03. The van der Waals surface area contributed by atoms with Crippen molar-refractivity contribution in [1.82, 2.24) is 10.4 Å². The molecule has 2 N–H and O–H groups in total. The van der Waals surface area contributed by atoms with E-state index in [9.17, 15) is 20.0 Å². The topological polar surface area (TPSA) is 118 Å². The van der Waals surface area contributed by atoms with Crippen LogP contribution < -0.4 is 5.43 Å². The first-order chi connectivity index (χ1) is 10.5. The lowest BCUT2D eigenvalue weighted by molar-refractivity contribution is -0.384. The van der Waals surface area contributed by atoms with Gasteiger partial charge < -0.3 is 5.11 Å². The fourth-order valence-corrected chi connectivity index (χ4v) is 1.71. The largest absolute Gasteiger partial charge is 0.507 e. The molecule has 1 aromatic carbocycles. The van der Waals surface area contributed by atoms with Crippen molar-refractivity contribution in [3.05, 3.63) is 63.5 Å². The highest BCUT2D eigenvalue weighted by molar-refractivity contribution is 5.94. The Balaban J connectivity index is 2.17. The third-order valence-corrected chi connectivity index (χ3v) is 2.82. The van der Waals surface area contributed by atoms with Crippen LogP contribution in [0.3, 0.4) is 0 Å². The number of aromatic nitrogens is 1. The number of nitro groups is 1. The third-order valence-electron chi connectivity index (χ3n) is 2.82. The van der Waals surface area contributed by atoms with Gasteiger partial charge in [-0.2, -0.15) is 5.10 Å². The highest BCUT2D eigenvalue weighted by Gasteiger charge is 2.12. The maximum atomic E-state index is 11.7. The number of rotatable bonds is 4. The molecule has 0 saturated heterocycles. The Morgan fingerprint density at radius 2 is 2.27 bits per heavy atom. The average molecular weight is 300 g/mol. The van der Waals surface area contributed by atoms with E-state index in [1.807, 2.05) is 0 Å². The van der Waals surface area contributed by atoms with Gasteiger partial charge in [0.15, 0.2) is 0 Å². The van der Waals surface area contributed by atoms with E-state index in [4.69, 9.17) is 0 Å². The number of aromatic hydroxyl groups is 1. The maximum Gasteiger partial charge on any atom is 0.272 e. The second-order valence-corrected chi connectivity index (χ2v) is 4.40. The second-order valence-electron chi connectivity index (χ2n) is 4.40. The molecule has 0 spiro atoms. The summed E-state index contributed by atoms with van der Waals surface area (Å²) in [5, 5.41) is 24.3. The highest BCUT2D eigenvalue weighted by atomic mass is 16.6. The van der Waals surface area contributed by atoms with Crippen LogP contribution in [0.15, 0.2) is 41.8 Å². The second kappa shape index (κ2) is 6.44. The van der Waals surface area contributed by atoms with Crippen molar-refractivity contribution < 1.29 is 14.8 Å². The summed E-state index contributed by atoms with van der Waals surface area (Å²) in [5.74, 6) is -0.615. The minimum absolute atomic E-state index is 0.134. The molecule has 1 heterocycles. The SMILES string of the molecule is Cc1cc([N+](=O)[O-])cc(C=NNC(=O)c2cccnc2)c1O. The van der Waals surface area contributed by atoms with Crippen LogP contribution in [0.4, 0.5) is 5.69 Å². The number of non-ortho nitro benzene ring substituents is 1. The summed E-state index contributed by atoms with van der Waals surface area (Å²) in [4.78, 5) is 25.7. The van der Waals surface area contributed by atoms with E-state index in [1.54, 1.807) is 12.1 Å². The smallest absolute Gasteiger partial charge is 0.272 e. The number of carbonyl (C=O) groups excluding carboxylic acids is 1. The number of nitrogens with zero attached hydrogens (tertiary/aromatic N) is 3. The zero-order valence-corrected chi connectivity index (χ0v) is 11.6. The summed E-state index contributed by atoms with van der Waals surface area (Å²) in [6.07, 6.45) is 4.05. The van der Waals surface area contributed by atoms with Crippen LogP contribution in [0.25, 0.3) is 0 Å². The molecular formula is C14H12N4O4.